The van der Waals surface area contributed by atoms with Gasteiger partial charge in [0.2, 0.25) is 0 Å². The Hall–Kier alpha value is -0.300. The van der Waals surface area contributed by atoms with Gasteiger partial charge in [0.25, 0.3) is 0 Å². The molecule has 172 valence electrons. The number of allylic oxidation sites excluding steroid dienone is 4. The first-order chi connectivity index (χ1) is 13.3. The van der Waals surface area contributed by atoms with Crippen LogP contribution in [0.2, 0.25) is 0 Å². The highest BCUT2D eigenvalue weighted by atomic mass is 31.3. The molecular formula is C19H39NO7P2. The lowest BCUT2D eigenvalue weighted by Gasteiger charge is -2.19. The van der Waals surface area contributed by atoms with Gasteiger partial charge in [-0.05, 0) is 78.8 Å². The van der Waals surface area contributed by atoms with Crippen molar-refractivity contribution in [3.63, 3.8) is 0 Å². The molecule has 0 aliphatic heterocycles. The third-order valence-electron chi connectivity index (χ3n) is 4.42. The van der Waals surface area contributed by atoms with Crippen molar-refractivity contribution < 1.29 is 32.6 Å². The molecular weight excluding hydrogens is 416 g/mol. The monoisotopic (exact) mass is 455 g/mol. The highest BCUT2D eigenvalue weighted by Crippen LogP contribution is 2.57. The minimum absolute atomic E-state index is 0.156. The molecule has 0 aromatic rings. The average Bonchev–Trinajstić information content (AvgIpc) is 2.51. The van der Waals surface area contributed by atoms with Gasteiger partial charge >= 0.3 is 15.6 Å². The zero-order valence-electron chi connectivity index (χ0n) is 18.4. The van der Waals surface area contributed by atoms with Crippen LogP contribution < -0.4 is 0 Å². The molecule has 0 aliphatic rings. The third kappa shape index (κ3) is 19.4. The number of hydrogen-bond donors (Lipinski definition) is 3. The van der Waals surface area contributed by atoms with Crippen LogP contribution in [0.4, 0.5) is 0 Å². The quantitative estimate of drug-likeness (QED) is 0.219. The van der Waals surface area contributed by atoms with Crippen LogP contribution in [0, 0.1) is 5.92 Å². The minimum Gasteiger partial charge on any atom is -0.304 e. The number of likely N-dealkylation sites (N-methyl/N-ethyl adjacent to an activating group) is 1. The Morgan fingerprint density at radius 2 is 1.69 bits per heavy atom. The van der Waals surface area contributed by atoms with Crippen LogP contribution in [-0.4, -0.2) is 46.3 Å². The average molecular weight is 455 g/mol. The van der Waals surface area contributed by atoms with E-state index in [-0.39, 0.29) is 6.61 Å². The summed E-state index contributed by atoms with van der Waals surface area (Å²) >= 11 is 0. The van der Waals surface area contributed by atoms with Gasteiger partial charge in [-0.2, -0.15) is 4.31 Å². The highest BCUT2D eigenvalue weighted by molar-refractivity contribution is 7.60. The smallest absolute Gasteiger partial charge is 0.304 e. The first-order valence-electron chi connectivity index (χ1n) is 10.0. The highest BCUT2D eigenvalue weighted by Gasteiger charge is 2.32. The van der Waals surface area contributed by atoms with E-state index in [1.807, 2.05) is 11.9 Å². The summed E-state index contributed by atoms with van der Waals surface area (Å²) < 4.78 is 30.2. The van der Waals surface area contributed by atoms with E-state index in [4.69, 9.17) is 9.79 Å². The lowest BCUT2D eigenvalue weighted by Crippen LogP contribution is -2.24. The molecule has 0 saturated carbocycles. The minimum atomic E-state index is -5.06. The van der Waals surface area contributed by atoms with Crippen molar-refractivity contribution >= 4 is 15.6 Å². The van der Waals surface area contributed by atoms with Crippen LogP contribution in [0.5, 0.6) is 0 Å². The van der Waals surface area contributed by atoms with Crippen molar-refractivity contribution in [2.24, 2.45) is 5.92 Å². The molecule has 0 aromatic carbocycles. The lowest BCUT2D eigenvalue weighted by molar-refractivity contribution is 0.160. The molecule has 0 fully saturated rings. The fourth-order valence-electron chi connectivity index (χ4n) is 2.74. The second-order valence-electron chi connectivity index (χ2n) is 7.87. The number of phosphoric acid groups is 2. The topological polar surface area (TPSA) is 117 Å². The molecule has 2 unspecified atom stereocenters. The molecule has 10 heteroatoms. The molecule has 8 nitrogen and oxygen atoms in total. The maximum Gasteiger partial charge on any atom is 0.481 e. The second-order valence-corrected chi connectivity index (χ2v) is 10.7. The van der Waals surface area contributed by atoms with Crippen molar-refractivity contribution in [2.75, 3.05) is 26.7 Å². The maximum atomic E-state index is 11.3. The normalized spacial score (nSPS) is 16.0. The summed E-state index contributed by atoms with van der Waals surface area (Å²) in [4.78, 5) is 28.2. The third-order valence-corrected chi connectivity index (χ3v) is 6.60. The molecule has 0 rings (SSSR count). The summed E-state index contributed by atoms with van der Waals surface area (Å²) in [5.74, 6) is 0.621. The second kappa shape index (κ2) is 14.7. The molecule has 29 heavy (non-hydrogen) atoms. The Kier molecular flexibility index (Phi) is 14.5. The first-order valence-corrected chi connectivity index (χ1v) is 13.0. The van der Waals surface area contributed by atoms with Crippen molar-refractivity contribution in [3.8, 4) is 0 Å². The van der Waals surface area contributed by atoms with Crippen molar-refractivity contribution in [3.05, 3.63) is 23.3 Å². The Balaban J connectivity index is 3.90. The van der Waals surface area contributed by atoms with Crippen LogP contribution in [0.3, 0.4) is 0 Å². The van der Waals surface area contributed by atoms with Crippen LogP contribution in [0.1, 0.15) is 66.2 Å². The number of hydrogen-bond acceptors (Lipinski definition) is 5. The molecule has 0 saturated heterocycles. The first kappa shape index (κ1) is 28.7. The molecule has 0 aromatic heterocycles. The predicted molar refractivity (Wildman–Crippen MR) is 116 cm³/mol. The zero-order valence-corrected chi connectivity index (χ0v) is 20.2. The number of rotatable bonds is 16. The van der Waals surface area contributed by atoms with E-state index in [1.165, 1.54) is 11.1 Å². The van der Waals surface area contributed by atoms with Gasteiger partial charge in [-0.1, -0.05) is 30.2 Å². The van der Waals surface area contributed by atoms with E-state index in [1.54, 1.807) is 0 Å². The summed E-state index contributed by atoms with van der Waals surface area (Å²) in [5, 5.41) is 0. The van der Waals surface area contributed by atoms with E-state index in [9.17, 15) is 14.0 Å². The van der Waals surface area contributed by atoms with Gasteiger partial charge in [-0.15, -0.1) is 0 Å². The van der Waals surface area contributed by atoms with Crippen LogP contribution in [-0.2, 0) is 18.0 Å². The van der Waals surface area contributed by atoms with Crippen LogP contribution in [0.15, 0.2) is 23.3 Å². The van der Waals surface area contributed by atoms with Gasteiger partial charge in [0, 0.05) is 6.54 Å². The Morgan fingerprint density at radius 1 is 1.03 bits per heavy atom. The molecule has 2 atom stereocenters. The standard InChI is InChI=1S/C19H39NO7P2/c1-17(2)9-6-10-18(3)11-7-12-19(4)13-8-14-20(5)15-16-26-29(24,25)27-28(21,22)23/h9,11,19H,6-8,10,12-16H2,1-5H3,(H,24,25)(H2,21,22,23)/b18-11+. The van der Waals surface area contributed by atoms with Crippen molar-refractivity contribution in [1.82, 2.24) is 4.90 Å². The van der Waals surface area contributed by atoms with Gasteiger partial charge in [0.05, 0.1) is 6.61 Å². The molecule has 0 aliphatic carbocycles. The van der Waals surface area contributed by atoms with Crippen LogP contribution >= 0.6 is 15.6 Å². The van der Waals surface area contributed by atoms with E-state index >= 15 is 0 Å². The molecule has 0 radical (unpaired) electrons. The largest absolute Gasteiger partial charge is 0.481 e. The van der Waals surface area contributed by atoms with Gasteiger partial charge in [0.15, 0.2) is 0 Å². The zero-order chi connectivity index (χ0) is 22.5. The van der Waals surface area contributed by atoms with E-state index < -0.39 is 15.6 Å². The molecule has 0 amide bonds. The summed E-state index contributed by atoms with van der Waals surface area (Å²) in [6, 6.07) is 0. The number of phosphoric ester groups is 1. The van der Waals surface area contributed by atoms with Crippen molar-refractivity contribution in [2.45, 2.75) is 66.2 Å². The lowest BCUT2D eigenvalue weighted by atomic mass is 9.98. The summed E-state index contributed by atoms with van der Waals surface area (Å²) in [7, 11) is -7.95. The summed E-state index contributed by atoms with van der Waals surface area (Å²) in [5.41, 5.74) is 2.81. The van der Waals surface area contributed by atoms with E-state index in [0.717, 1.165) is 45.1 Å². The van der Waals surface area contributed by atoms with Gasteiger partial charge < -0.3 is 19.6 Å². The number of nitrogens with zero attached hydrogens (tertiary/aromatic N) is 1. The van der Waals surface area contributed by atoms with Gasteiger partial charge in [-0.3, -0.25) is 4.52 Å². The molecule has 3 N–H and O–H groups in total. The van der Waals surface area contributed by atoms with Crippen molar-refractivity contribution in [1.29, 1.82) is 0 Å². The fraction of sp³-hybridized carbons (Fsp3) is 0.789. The molecule has 0 bridgehead atoms. The summed E-state index contributed by atoms with van der Waals surface area (Å²) in [6.07, 6.45) is 11.2. The van der Waals surface area contributed by atoms with E-state index in [0.29, 0.717) is 12.5 Å². The Bertz CT molecular complexity index is 612. The fourth-order valence-corrected chi connectivity index (χ4v) is 4.32. The Morgan fingerprint density at radius 3 is 2.28 bits per heavy atom. The van der Waals surface area contributed by atoms with Gasteiger partial charge in [0.1, 0.15) is 0 Å². The molecule has 0 spiro atoms. The molecule has 0 heterocycles. The van der Waals surface area contributed by atoms with Gasteiger partial charge in [-0.25, -0.2) is 9.13 Å². The maximum absolute atomic E-state index is 11.3. The van der Waals surface area contributed by atoms with E-state index in [2.05, 4.69) is 48.7 Å². The predicted octanol–water partition coefficient (Wildman–Crippen LogP) is 5.03. The summed E-state index contributed by atoms with van der Waals surface area (Å²) in [6.45, 7) is 9.69. The Labute approximate surface area is 175 Å². The van der Waals surface area contributed by atoms with Crippen LogP contribution in [0.25, 0.3) is 0 Å². The SMILES string of the molecule is CC(C)=CCC/C(C)=C/CCC(C)CCCN(C)CCOP(=O)(O)OP(=O)(O)O.